The number of aliphatic carboxylic acids is 1. The van der Waals surface area contributed by atoms with Crippen molar-refractivity contribution in [3.8, 4) is 18.1 Å². The molecule has 26 heavy (non-hydrogen) atoms. The number of sulfone groups is 1. The molecule has 0 amide bonds. The highest BCUT2D eigenvalue weighted by Crippen LogP contribution is 2.34. The van der Waals surface area contributed by atoms with Gasteiger partial charge in [0.2, 0.25) is 0 Å². The van der Waals surface area contributed by atoms with Gasteiger partial charge in [0.1, 0.15) is 5.75 Å². The van der Waals surface area contributed by atoms with Crippen molar-refractivity contribution >= 4 is 15.8 Å². The third-order valence-electron chi connectivity index (χ3n) is 4.20. The molecule has 1 heterocycles. The second kappa shape index (κ2) is 8.02. The van der Waals surface area contributed by atoms with Crippen LogP contribution in [0.3, 0.4) is 0 Å². The Kier molecular flexibility index (Phi) is 6.01. The quantitative estimate of drug-likeness (QED) is 0.714. The highest BCUT2D eigenvalue weighted by molar-refractivity contribution is 7.93. The Bertz CT molecular complexity index is 901. The van der Waals surface area contributed by atoms with Crippen molar-refractivity contribution in [3.63, 3.8) is 0 Å². The van der Waals surface area contributed by atoms with Gasteiger partial charge in [-0.05, 0) is 48.7 Å². The monoisotopic (exact) mass is 373 g/mol. The van der Waals surface area contributed by atoms with Gasteiger partial charge in [-0.3, -0.25) is 9.78 Å². The van der Waals surface area contributed by atoms with E-state index in [4.69, 9.17) is 11.2 Å². The number of terminal acetylenes is 1. The zero-order valence-corrected chi connectivity index (χ0v) is 15.1. The predicted octanol–water partition coefficient (Wildman–Crippen LogP) is 2.34. The summed E-state index contributed by atoms with van der Waals surface area (Å²) in [5.41, 5.74) is 0.736. The number of carboxylic acid groups (broad SMARTS) is 1. The van der Waals surface area contributed by atoms with E-state index in [-0.39, 0.29) is 17.7 Å². The van der Waals surface area contributed by atoms with E-state index in [1.807, 2.05) is 0 Å². The molecular weight excluding hydrogens is 354 g/mol. The van der Waals surface area contributed by atoms with Gasteiger partial charge in [0.05, 0.1) is 12.0 Å². The molecule has 1 aromatic heterocycles. The fourth-order valence-electron chi connectivity index (χ4n) is 2.65. The van der Waals surface area contributed by atoms with E-state index in [9.17, 15) is 18.3 Å². The lowest BCUT2D eigenvalue weighted by Gasteiger charge is -2.27. The van der Waals surface area contributed by atoms with Crippen LogP contribution in [0.4, 0.5) is 0 Å². The standard InChI is InChI=1S/C19H19NO5S/c1-3-11-19(18(21)22,12-10-15-5-4-13-20-14-15)26(23,24)17-8-6-16(25-2)7-9-17/h1,4-9,13-14H,10-12H2,2H3,(H,21,22). The van der Waals surface area contributed by atoms with Crippen molar-refractivity contribution in [2.75, 3.05) is 7.11 Å². The number of carboxylic acids is 1. The number of hydrogen-bond acceptors (Lipinski definition) is 5. The number of aryl methyl sites for hydroxylation is 1. The van der Waals surface area contributed by atoms with Crippen molar-refractivity contribution in [2.45, 2.75) is 28.9 Å². The molecule has 0 aliphatic heterocycles. The van der Waals surface area contributed by atoms with E-state index in [2.05, 4.69) is 10.9 Å². The number of nitrogens with zero attached hydrogens (tertiary/aromatic N) is 1. The van der Waals surface area contributed by atoms with Crippen LogP contribution in [-0.2, 0) is 21.1 Å². The number of rotatable bonds is 8. The molecule has 0 fully saturated rings. The first kappa shape index (κ1) is 19.5. The van der Waals surface area contributed by atoms with E-state index in [1.54, 1.807) is 24.5 Å². The van der Waals surface area contributed by atoms with Gasteiger partial charge in [-0.15, -0.1) is 12.3 Å². The number of methoxy groups -OCH3 is 1. The zero-order chi connectivity index (χ0) is 19.2. The van der Waals surface area contributed by atoms with E-state index in [1.165, 1.54) is 31.4 Å². The third kappa shape index (κ3) is 3.70. The average Bonchev–Trinajstić information content (AvgIpc) is 2.65. The molecule has 0 aliphatic carbocycles. The Morgan fingerprint density at radius 3 is 2.50 bits per heavy atom. The average molecular weight is 373 g/mol. The van der Waals surface area contributed by atoms with Gasteiger partial charge in [0.15, 0.2) is 14.6 Å². The van der Waals surface area contributed by atoms with Crippen molar-refractivity contribution < 1.29 is 23.1 Å². The van der Waals surface area contributed by atoms with E-state index in [0.29, 0.717) is 5.75 Å². The smallest absolute Gasteiger partial charge is 0.326 e. The van der Waals surface area contributed by atoms with Crippen molar-refractivity contribution in [3.05, 3.63) is 54.4 Å². The third-order valence-corrected chi connectivity index (χ3v) is 6.65. The molecule has 7 heteroatoms. The molecule has 0 aliphatic rings. The maximum atomic E-state index is 13.2. The normalized spacial score (nSPS) is 13.4. The van der Waals surface area contributed by atoms with Crippen molar-refractivity contribution in [1.29, 1.82) is 0 Å². The van der Waals surface area contributed by atoms with Crippen LogP contribution in [0.15, 0.2) is 53.7 Å². The van der Waals surface area contributed by atoms with Crippen LogP contribution >= 0.6 is 0 Å². The number of hydrogen-bond donors (Lipinski definition) is 1. The molecule has 0 radical (unpaired) electrons. The molecule has 0 bridgehead atoms. The largest absolute Gasteiger partial charge is 0.497 e. The van der Waals surface area contributed by atoms with E-state index in [0.717, 1.165) is 5.56 Å². The van der Waals surface area contributed by atoms with Crippen molar-refractivity contribution in [1.82, 2.24) is 4.98 Å². The predicted molar refractivity (Wildman–Crippen MR) is 96.6 cm³/mol. The zero-order valence-electron chi connectivity index (χ0n) is 14.3. The minimum Gasteiger partial charge on any atom is -0.497 e. The molecule has 0 saturated heterocycles. The fourth-order valence-corrected chi connectivity index (χ4v) is 4.47. The van der Waals surface area contributed by atoms with Gasteiger partial charge in [-0.25, -0.2) is 8.42 Å². The summed E-state index contributed by atoms with van der Waals surface area (Å²) in [5, 5.41) is 9.82. The molecule has 1 unspecified atom stereocenters. The Morgan fingerprint density at radius 1 is 1.31 bits per heavy atom. The highest BCUT2D eigenvalue weighted by Gasteiger charge is 2.50. The highest BCUT2D eigenvalue weighted by atomic mass is 32.2. The number of carbonyl (C=O) groups is 1. The molecule has 1 atom stereocenters. The molecule has 1 N–H and O–H groups in total. The Hall–Kier alpha value is -2.85. The summed E-state index contributed by atoms with van der Waals surface area (Å²) in [5.74, 6) is 1.23. The Labute approximate surface area is 152 Å². The molecule has 136 valence electrons. The molecule has 2 rings (SSSR count). The number of ether oxygens (including phenoxy) is 1. The summed E-state index contributed by atoms with van der Waals surface area (Å²) < 4.78 is 29.2. The molecular formula is C19H19NO5S. The van der Waals surface area contributed by atoms with E-state index >= 15 is 0 Å². The van der Waals surface area contributed by atoms with Gasteiger partial charge < -0.3 is 9.84 Å². The summed E-state index contributed by atoms with van der Waals surface area (Å²) in [6.07, 6.45) is 8.12. The number of benzene rings is 1. The second-order valence-electron chi connectivity index (χ2n) is 5.72. The van der Waals surface area contributed by atoms with Crippen LogP contribution in [0.25, 0.3) is 0 Å². The van der Waals surface area contributed by atoms with E-state index < -0.39 is 27.0 Å². The molecule has 6 nitrogen and oxygen atoms in total. The molecule has 1 aromatic carbocycles. The van der Waals surface area contributed by atoms with Gasteiger partial charge in [-0.2, -0.15) is 0 Å². The second-order valence-corrected chi connectivity index (χ2v) is 7.98. The Balaban J connectivity index is 2.47. The first-order valence-electron chi connectivity index (χ1n) is 7.82. The lowest BCUT2D eigenvalue weighted by Crippen LogP contribution is -2.46. The van der Waals surface area contributed by atoms with Gasteiger partial charge in [-0.1, -0.05) is 6.07 Å². The van der Waals surface area contributed by atoms with Crippen LogP contribution in [0, 0.1) is 12.3 Å². The van der Waals surface area contributed by atoms with Gasteiger partial charge in [0, 0.05) is 18.8 Å². The minimum atomic E-state index is -4.24. The summed E-state index contributed by atoms with van der Waals surface area (Å²) in [6, 6.07) is 9.05. The topological polar surface area (TPSA) is 93.6 Å². The minimum absolute atomic E-state index is 0.109. The summed E-state index contributed by atoms with van der Waals surface area (Å²) in [4.78, 5) is 15.9. The first-order chi connectivity index (χ1) is 12.4. The lowest BCUT2D eigenvalue weighted by molar-refractivity contribution is -0.140. The van der Waals surface area contributed by atoms with Crippen LogP contribution in [0.1, 0.15) is 18.4 Å². The van der Waals surface area contributed by atoms with Crippen LogP contribution in [0.5, 0.6) is 5.75 Å². The molecule has 0 spiro atoms. The Morgan fingerprint density at radius 2 is 2.00 bits per heavy atom. The molecule has 2 aromatic rings. The van der Waals surface area contributed by atoms with Crippen LogP contribution < -0.4 is 4.74 Å². The van der Waals surface area contributed by atoms with Crippen LogP contribution in [-0.4, -0.2) is 36.3 Å². The SMILES string of the molecule is C#CCC(CCc1cccnc1)(C(=O)O)S(=O)(=O)c1ccc(OC)cc1. The maximum absolute atomic E-state index is 13.2. The number of pyridine rings is 1. The molecule has 0 saturated carbocycles. The maximum Gasteiger partial charge on any atom is 0.326 e. The first-order valence-corrected chi connectivity index (χ1v) is 9.30. The lowest BCUT2D eigenvalue weighted by atomic mass is 9.96. The fraction of sp³-hybridized carbons (Fsp3) is 0.263. The number of aromatic nitrogens is 1. The van der Waals surface area contributed by atoms with Crippen molar-refractivity contribution in [2.24, 2.45) is 0 Å². The summed E-state index contributed by atoms with van der Waals surface area (Å²) in [7, 11) is -2.78. The van der Waals surface area contributed by atoms with Gasteiger partial charge >= 0.3 is 5.97 Å². The summed E-state index contributed by atoms with van der Waals surface area (Å²) >= 11 is 0. The van der Waals surface area contributed by atoms with Crippen LogP contribution in [0.2, 0.25) is 0 Å². The van der Waals surface area contributed by atoms with Gasteiger partial charge in [0.25, 0.3) is 0 Å². The summed E-state index contributed by atoms with van der Waals surface area (Å²) in [6.45, 7) is 0.